The molecule has 3 saturated carbocycles. The topological polar surface area (TPSA) is 32.3 Å². The van der Waals surface area contributed by atoms with Gasteiger partial charge in [0.2, 0.25) is 0 Å². The van der Waals surface area contributed by atoms with Crippen LogP contribution in [0.4, 0.5) is 0 Å². The molecule has 4 aliphatic rings. The highest BCUT2D eigenvalue weighted by Crippen LogP contribution is 2.67. The maximum atomic E-state index is 9.00. The average Bonchev–Trinajstić information content (AvgIpc) is 3.16. The van der Waals surface area contributed by atoms with E-state index < -0.39 is 0 Å². The van der Waals surface area contributed by atoms with Gasteiger partial charge in [0, 0.05) is 12.6 Å². The van der Waals surface area contributed by atoms with Crippen LogP contribution < -0.4 is 5.32 Å². The van der Waals surface area contributed by atoms with Crippen molar-refractivity contribution in [3.63, 3.8) is 0 Å². The molecule has 0 unspecified atom stereocenters. The monoisotopic (exact) mass is 471 g/mol. The Bertz CT molecular complexity index is 684. The quantitative estimate of drug-likeness (QED) is 0.235. The fraction of sp³-hybridized carbons (Fsp3) is 0.938. The summed E-state index contributed by atoms with van der Waals surface area (Å²) < 4.78 is 0. The second-order valence-electron chi connectivity index (χ2n) is 13.9. The molecular formula is C32H57NO. The van der Waals surface area contributed by atoms with Crippen molar-refractivity contribution < 1.29 is 5.11 Å². The molecule has 0 amide bonds. The third-order valence-corrected chi connectivity index (χ3v) is 11.6. The van der Waals surface area contributed by atoms with Crippen molar-refractivity contribution >= 4 is 0 Å². The summed E-state index contributed by atoms with van der Waals surface area (Å²) in [6.45, 7) is 14.2. The lowest BCUT2D eigenvalue weighted by molar-refractivity contribution is -0.0599. The van der Waals surface area contributed by atoms with E-state index in [1.807, 2.05) is 5.57 Å². The molecule has 0 aromatic carbocycles. The molecule has 0 aromatic heterocycles. The highest BCUT2D eigenvalue weighted by molar-refractivity contribution is 5.26. The number of unbranched alkanes of at least 4 members (excludes halogenated alkanes) is 2. The van der Waals surface area contributed by atoms with Crippen molar-refractivity contribution in [2.75, 3.05) is 13.2 Å². The summed E-state index contributed by atoms with van der Waals surface area (Å²) in [6, 6.07) is 0.588. The minimum atomic E-state index is 0.340. The molecule has 0 radical (unpaired) electrons. The van der Waals surface area contributed by atoms with Gasteiger partial charge in [0.15, 0.2) is 0 Å². The van der Waals surface area contributed by atoms with Gasteiger partial charge in [-0.3, -0.25) is 0 Å². The maximum absolute atomic E-state index is 9.00. The Hall–Kier alpha value is -0.340. The van der Waals surface area contributed by atoms with Gasteiger partial charge in [-0.2, -0.15) is 0 Å². The van der Waals surface area contributed by atoms with E-state index in [9.17, 15) is 0 Å². The number of rotatable bonds is 11. The van der Waals surface area contributed by atoms with Gasteiger partial charge in [-0.1, -0.05) is 65.5 Å². The first kappa shape index (κ1) is 26.7. The summed E-state index contributed by atoms with van der Waals surface area (Å²) in [7, 11) is 0. The molecule has 196 valence electrons. The largest absolute Gasteiger partial charge is 0.396 e. The Morgan fingerprint density at radius 3 is 2.50 bits per heavy atom. The zero-order chi connectivity index (χ0) is 24.3. The van der Waals surface area contributed by atoms with Gasteiger partial charge in [0.25, 0.3) is 0 Å². The third kappa shape index (κ3) is 5.34. The summed E-state index contributed by atoms with van der Waals surface area (Å²) >= 11 is 0. The van der Waals surface area contributed by atoms with Crippen molar-refractivity contribution in [2.24, 2.45) is 46.3 Å². The van der Waals surface area contributed by atoms with Crippen molar-refractivity contribution in [2.45, 2.75) is 131 Å². The second kappa shape index (κ2) is 11.4. The Morgan fingerprint density at radius 2 is 1.74 bits per heavy atom. The predicted octanol–water partition coefficient (Wildman–Crippen LogP) is 8.15. The summed E-state index contributed by atoms with van der Waals surface area (Å²) in [6.07, 6.45) is 21.8. The van der Waals surface area contributed by atoms with Gasteiger partial charge in [-0.15, -0.1) is 0 Å². The maximum Gasteiger partial charge on any atom is 0.0431 e. The van der Waals surface area contributed by atoms with E-state index in [1.54, 1.807) is 0 Å². The summed E-state index contributed by atoms with van der Waals surface area (Å²) in [5.74, 6) is 5.66. The van der Waals surface area contributed by atoms with E-state index in [-0.39, 0.29) is 0 Å². The van der Waals surface area contributed by atoms with E-state index >= 15 is 0 Å². The van der Waals surface area contributed by atoms with Crippen LogP contribution in [0.15, 0.2) is 11.6 Å². The van der Waals surface area contributed by atoms with Crippen LogP contribution in [0.5, 0.6) is 0 Å². The fourth-order valence-corrected chi connectivity index (χ4v) is 9.61. The van der Waals surface area contributed by atoms with Gasteiger partial charge in [0.05, 0.1) is 0 Å². The average molecular weight is 472 g/mol. The molecular weight excluding hydrogens is 414 g/mol. The molecule has 0 saturated heterocycles. The normalized spacial score (nSPS) is 40.4. The first-order valence-corrected chi connectivity index (χ1v) is 15.3. The van der Waals surface area contributed by atoms with E-state index in [1.165, 1.54) is 77.0 Å². The van der Waals surface area contributed by atoms with Crippen LogP contribution in [0.3, 0.4) is 0 Å². The number of hydrogen-bond acceptors (Lipinski definition) is 2. The summed E-state index contributed by atoms with van der Waals surface area (Å²) in [5, 5.41) is 12.8. The first-order chi connectivity index (χ1) is 16.3. The van der Waals surface area contributed by atoms with Crippen LogP contribution in [0.25, 0.3) is 0 Å². The van der Waals surface area contributed by atoms with E-state index in [0.29, 0.717) is 23.5 Å². The molecule has 0 aliphatic heterocycles. The van der Waals surface area contributed by atoms with Crippen LogP contribution in [0.2, 0.25) is 0 Å². The summed E-state index contributed by atoms with van der Waals surface area (Å²) in [4.78, 5) is 0. The number of aliphatic hydroxyl groups excluding tert-OH is 1. The molecule has 2 nitrogen and oxygen atoms in total. The number of fused-ring (bicyclic) bond motifs is 5. The Balaban J connectivity index is 1.38. The molecule has 4 rings (SSSR count). The Kier molecular flexibility index (Phi) is 8.93. The Morgan fingerprint density at radius 1 is 0.912 bits per heavy atom. The van der Waals surface area contributed by atoms with Gasteiger partial charge >= 0.3 is 0 Å². The van der Waals surface area contributed by atoms with Gasteiger partial charge < -0.3 is 10.4 Å². The zero-order valence-corrected chi connectivity index (χ0v) is 23.4. The molecule has 34 heavy (non-hydrogen) atoms. The highest BCUT2D eigenvalue weighted by atomic mass is 16.2. The van der Waals surface area contributed by atoms with Crippen molar-refractivity contribution in [3.05, 3.63) is 11.6 Å². The van der Waals surface area contributed by atoms with Crippen LogP contribution in [0.1, 0.15) is 125 Å². The standard InChI is InChI=1S/C32H57NO/c1-23(2)10-9-11-24(3)28-14-15-29-27-13-12-25-22-26(33-20-7-6-8-21-34)16-18-31(25,4)30(27)17-19-32(28,29)5/h22-24,26-30,33-34H,6-21H2,1-5H3/t24-,26+,27+,28-,29+,30+,31+,32-/m1/s1. The highest BCUT2D eigenvalue weighted by Gasteiger charge is 2.59. The van der Waals surface area contributed by atoms with Crippen molar-refractivity contribution in [1.82, 2.24) is 5.32 Å². The molecule has 2 heteroatoms. The zero-order valence-electron chi connectivity index (χ0n) is 23.4. The third-order valence-electron chi connectivity index (χ3n) is 11.6. The molecule has 0 spiro atoms. The molecule has 0 heterocycles. The van der Waals surface area contributed by atoms with Gasteiger partial charge in [0.1, 0.15) is 0 Å². The molecule has 8 atom stereocenters. The lowest BCUT2D eigenvalue weighted by atomic mass is 9.46. The van der Waals surface area contributed by atoms with Crippen LogP contribution in [-0.2, 0) is 0 Å². The minimum absolute atomic E-state index is 0.340. The molecule has 2 N–H and O–H groups in total. The number of nitrogens with one attached hydrogen (secondary N) is 1. The smallest absolute Gasteiger partial charge is 0.0431 e. The molecule has 4 aliphatic carbocycles. The van der Waals surface area contributed by atoms with Crippen molar-refractivity contribution in [1.29, 1.82) is 0 Å². The first-order valence-electron chi connectivity index (χ1n) is 15.3. The van der Waals surface area contributed by atoms with Crippen LogP contribution >= 0.6 is 0 Å². The van der Waals surface area contributed by atoms with Gasteiger partial charge in [-0.25, -0.2) is 0 Å². The number of hydrogen-bond donors (Lipinski definition) is 2. The van der Waals surface area contributed by atoms with E-state index in [0.717, 1.165) is 54.9 Å². The molecule has 3 fully saturated rings. The van der Waals surface area contributed by atoms with Gasteiger partial charge in [-0.05, 0) is 124 Å². The fourth-order valence-electron chi connectivity index (χ4n) is 9.61. The van der Waals surface area contributed by atoms with E-state index in [4.69, 9.17) is 5.11 Å². The SMILES string of the molecule is CC(C)CCC[C@@H](C)[C@H]1CC[C@H]2[C@@H]3CCC4=C[C@@H](NCCCCCO)CC[C@]4(C)[C@H]3CC[C@]12C. The predicted molar refractivity (Wildman–Crippen MR) is 146 cm³/mol. The molecule has 0 bridgehead atoms. The minimum Gasteiger partial charge on any atom is -0.396 e. The van der Waals surface area contributed by atoms with E-state index in [2.05, 4.69) is 46.0 Å². The van der Waals surface area contributed by atoms with Crippen LogP contribution in [0, 0.1) is 46.3 Å². The van der Waals surface area contributed by atoms with Crippen LogP contribution in [-0.4, -0.2) is 24.3 Å². The van der Waals surface area contributed by atoms with Crippen molar-refractivity contribution in [3.8, 4) is 0 Å². The lowest BCUT2D eigenvalue weighted by Crippen LogP contribution is -2.51. The number of aliphatic hydroxyl groups is 1. The Labute approximate surface area is 212 Å². The second-order valence-corrected chi connectivity index (χ2v) is 13.9. The number of allylic oxidation sites excluding steroid dienone is 1. The summed E-state index contributed by atoms with van der Waals surface area (Å²) in [5.41, 5.74) is 2.90. The lowest BCUT2D eigenvalue weighted by Gasteiger charge is -2.59. The molecule has 0 aromatic rings.